The molecule has 6 heteroatoms. The molecule has 2 unspecified atom stereocenters. The van der Waals surface area contributed by atoms with Crippen LogP contribution in [0.15, 0.2) is 0 Å². The predicted molar refractivity (Wildman–Crippen MR) is 66.4 cm³/mol. The molecule has 2 atom stereocenters. The molecule has 0 bridgehead atoms. The highest BCUT2D eigenvalue weighted by Gasteiger charge is 2.24. The van der Waals surface area contributed by atoms with Gasteiger partial charge in [0.25, 0.3) is 0 Å². The van der Waals surface area contributed by atoms with E-state index in [1.165, 1.54) is 19.3 Å². The molecular formula is C11H17ClN4O. The Balaban J connectivity index is 2.09. The molecule has 1 N–H and O–H groups in total. The van der Waals surface area contributed by atoms with E-state index < -0.39 is 0 Å². The lowest BCUT2D eigenvalue weighted by Gasteiger charge is -2.28. The lowest BCUT2D eigenvalue weighted by molar-refractivity contribution is 0.0922. The molecule has 1 aromatic heterocycles. The number of hydrogen-bond donors (Lipinski definition) is 1. The third-order valence-corrected chi connectivity index (χ3v) is 3.27. The maximum absolute atomic E-state index is 5.80. The first-order chi connectivity index (χ1) is 8.19. The number of nitrogens with one attached hydrogen (secondary N) is 1. The van der Waals surface area contributed by atoms with E-state index >= 15 is 0 Å². The van der Waals surface area contributed by atoms with Crippen LogP contribution in [0.5, 0.6) is 6.01 Å². The van der Waals surface area contributed by atoms with Crippen molar-refractivity contribution in [3.8, 4) is 6.01 Å². The summed E-state index contributed by atoms with van der Waals surface area (Å²) in [6.07, 6.45) is 4.92. The van der Waals surface area contributed by atoms with Crippen LogP contribution in [0.2, 0.25) is 5.28 Å². The molecule has 1 fully saturated rings. The van der Waals surface area contributed by atoms with Gasteiger partial charge in [-0.2, -0.15) is 15.0 Å². The highest BCUT2D eigenvalue weighted by molar-refractivity contribution is 6.28. The van der Waals surface area contributed by atoms with E-state index in [1.54, 1.807) is 7.05 Å². The molecule has 1 aliphatic carbocycles. The van der Waals surface area contributed by atoms with Gasteiger partial charge in [-0.1, -0.05) is 13.3 Å². The summed E-state index contributed by atoms with van der Waals surface area (Å²) in [5.41, 5.74) is 0. The van der Waals surface area contributed by atoms with Crippen molar-refractivity contribution in [1.29, 1.82) is 0 Å². The number of ether oxygens (including phenoxy) is 1. The Hall–Kier alpha value is -1.10. The molecule has 0 aliphatic heterocycles. The summed E-state index contributed by atoms with van der Waals surface area (Å²) in [6.45, 7) is 2.20. The van der Waals surface area contributed by atoms with Gasteiger partial charge in [0.2, 0.25) is 11.2 Å². The number of halogens is 1. The van der Waals surface area contributed by atoms with E-state index in [0.717, 1.165) is 6.42 Å². The van der Waals surface area contributed by atoms with Crippen LogP contribution in [0.25, 0.3) is 0 Å². The molecule has 1 aromatic rings. The Labute approximate surface area is 106 Å². The zero-order valence-corrected chi connectivity index (χ0v) is 10.9. The van der Waals surface area contributed by atoms with E-state index in [-0.39, 0.29) is 11.4 Å². The molecule has 2 rings (SSSR count). The van der Waals surface area contributed by atoms with Gasteiger partial charge in [0, 0.05) is 7.05 Å². The second-order valence-corrected chi connectivity index (χ2v) is 4.72. The summed E-state index contributed by atoms with van der Waals surface area (Å²) in [6, 6.07) is 0.313. The maximum atomic E-state index is 5.80. The number of anilines is 1. The molecule has 0 spiro atoms. The van der Waals surface area contributed by atoms with Crippen molar-refractivity contribution >= 4 is 17.5 Å². The number of nitrogens with zero attached hydrogens (tertiary/aromatic N) is 3. The maximum Gasteiger partial charge on any atom is 0.322 e. The highest BCUT2D eigenvalue weighted by atomic mass is 35.5. The lowest BCUT2D eigenvalue weighted by atomic mass is 9.88. The van der Waals surface area contributed by atoms with Crippen molar-refractivity contribution < 1.29 is 4.74 Å². The summed E-state index contributed by atoms with van der Waals surface area (Å²) in [7, 11) is 1.73. The molecule has 0 aromatic carbocycles. The second-order valence-electron chi connectivity index (χ2n) is 4.38. The first kappa shape index (κ1) is 12.4. The minimum Gasteiger partial charge on any atom is -0.460 e. The van der Waals surface area contributed by atoms with E-state index in [9.17, 15) is 0 Å². The Bertz CT molecular complexity index is 388. The summed E-state index contributed by atoms with van der Waals surface area (Å²) in [5, 5.41) is 2.99. The van der Waals surface area contributed by atoms with Crippen LogP contribution in [-0.4, -0.2) is 28.1 Å². The molecule has 0 saturated heterocycles. The Morgan fingerprint density at radius 1 is 1.24 bits per heavy atom. The molecule has 1 saturated carbocycles. The van der Waals surface area contributed by atoms with E-state index in [2.05, 4.69) is 27.2 Å². The van der Waals surface area contributed by atoms with Crippen molar-refractivity contribution in [1.82, 2.24) is 15.0 Å². The minimum atomic E-state index is 0.155. The molecule has 5 nitrogen and oxygen atoms in total. The van der Waals surface area contributed by atoms with Crippen molar-refractivity contribution in [3.63, 3.8) is 0 Å². The average molecular weight is 257 g/mol. The minimum absolute atomic E-state index is 0.155. The SMILES string of the molecule is CNc1nc(Cl)nc(OC2CCCCC2C)n1. The van der Waals surface area contributed by atoms with Crippen LogP contribution in [0.1, 0.15) is 32.6 Å². The zero-order valence-electron chi connectivity index (χ0n) is 10.1. The van der Waals surface area contributed by atoms with Gasteiger partial charge in [-0.15, -0.1) is 0 Å². The van der Waals surface area contributed by atoms with E-state index in [1.807, 2.05) is 0 Å². The van der Waals surface area contributed by atoms with Gasteiger partial charge in [-0.3, -0.25) is 0 Å². The largest absolute Gasteiger partial charge is 0.460 e. The smallest absolute Gasteiger partial charge is 0.322 e. The molecule has 0 radical (unpaired) electrons. The third-order valence-electron chi connectivity index (χ3n) is 3.10. The van der Waals surface area contributed by atoms with Crippen LogP contribution in [0.4, 0.5) is 5.95 Å². The van der Waals surface area contributed by atoms with Gasteiger partial charge >= 0.3 is 6.01 Å². The normalized spacial score (nSPS) is 24.4. The Morgan fingerprint density at radius 2 is 2.00 bits per heavy atom. The molecule has 17 heavy (non-hydrogen) atoms. The number of aromatic nitrogens is 3. The van der Waals surface area contributed by atoms with Gasteiger partial charge in [-0.05, 0) is 36.8 Å². The van der Waals surface area contributed by atoms with Gasteiger partial charge < -0.3 is 10.1 Å². The molecule has 1 aliphatic rings. The lowest BCUT2D eigenvalue weighted by Crippen LogP contribution is -2.29. The van der Waals surface area contributed by atoms with Crippen LogP contribution in [-0.2, 0) is 0 Å². The van der Waals surface area contributed by atoms with E-state index in [4.69, 9.17) is 16.3 Å². The van der Waals surface area contributed by atoms with Crippen molar-refractivity contribution in [2.75, 3.05) is 12.4 Å². The topological polar surface area (TPSA) is 59.9 Å². The second kappa shape index (κ2) is 5.49. The number of rotatable bonds is 3. The van der Waals surface area contributed by atoms with Crippen molar-refractivity contribution in [2.45, 2.75) is 38.7 Å². The van der Waals surface area contributed by atoms with Crippen LogP contribution in [0, 0.1) is 5.92 Å². The average Bonchev–Trinajstić information content (AvgIpc) is 2.31. The third kappa shape index (κ3) is 3.19. The number of hydrogen-bond acceptors (Lipinski definition) is 5. The Kier molecular flexibility index (Phi) is 3.99. The zero-order chi connectivity index (χ0) is 12.3. The van der Waals surface area contributed by atoms with Gasteiger partial charge in [0.1, 0.15) is 6.10 Å². The van der Waals surface area contributed by atoms with Crippen molar-refractivity contribution in [2.24, 2.45) is 5.92 Å². The fourth-order valence-electron chi connectivity index (χ4n) is 2.09. The predicted octanol–water partition coefficient (Wildman–Crippen LogP) is 2.52. The summed E-state index contributed by atoms with van der Waals surface area (Å²) < 4.78 is 5.80. The van der Waals surface area contributed by atoms with E-state index in [0.29, 0.717) is 17.9 Å². The first-order valence-corrected chi connectivity index (χ1v) is 6.33. The molecule has 94 valence electrons. The highest BCUT2D eigenvalue weighted by Crippen LogP contribution is 2.27. The molecule has 1 heterocycles. The molecule has 0 amide bonds. The molecular weight excluding hydrogens is 240 g/mol. The quantitative estimate of drug-likeness (QED) is 0.901. The fraction of sp³-hybridized carbons (Fsp3) is 0.727. The first-order valence-electron chi connectivity index (χ1n) is 5.95. The monoisotopic (exact) mass is 256 g/mol. The Morgan fingerprint density at radius 3 is 2.71 bits per heavy atom. The van der Waals surface area contributed by atoms with Gasteiger partial charge in [0.15, 0.2) is 0 Å². The summed E-state index contributed by atoms with van der Waals surface area (Å²) in [5.74, 6) is 0.973. The van der Waals surface area contributed by atoms with Crippen LogP contribution < -0.4 is 10.1 Å². The van der Waals surface area contributed by atoms with Crippen LogP contribution >= 0.6 is 11.6 Å². The van der Waals surface area contributed by atoms with Crippen LogP contribution in [0.3, 0.4) is 0 Å². The van der Waals surface area contributed by atoms with Gasteiger partial charge in [0.05, 0.1) is 0 Å². The summed E-state index contributed by atoms with van der Waals surface area (Å²) in [4.78, 5) is 12.0. The van der Waals surface area contributed by atoms with Gasteiger partial charge in [-0.25, -0.2) is 0 Å². The summed E-state index contributed by atoms with van der Waals surface area (Å²) >= 11 is 5.80. The standard InChI is InChI=1S/C11H17ClN4O/c1-7-5-3-4-6-8(7)17-11-15-9(12)14-10(13-2)16-11/h7-8H,3-6H2,1-2H3,(H,13,14,15,16). The van der Waals surface area contributed by atoms with Crippen molar-refractivity contribution in [3.05, 3.63) is 5.28 Å². The fourth-order valence-corrected chi connectivity index (χ4v) is 2.24.